The molecule has 2 rings (SSSR count). The lowest BCUT2D eigenvalue weighted by molar-refractivity contribution is 0.882. The van der Waals surface area contributed by atoms with E-state index in [-0.39, 0.29) is 6.04 Å². The Morgan fingerprint density at radius 1 is 1.35 bits per heavy atom. The summed E-state index contributed by atoms with van der Waals surface area (Å²) < 4.78 is 0. The molecule has 1 heterocycles. The predicted octanol–water partition coefficient (Wildman–Crippen LogP) is 4.20. The molecule has 0 amide bonds. The molecule has 2 aromatic rings. The van der Waals surface area contributed by atoms with Crippen molar-refractivity contribution in [2.45, 2.75) is 13.0 Å². The molecule has 104 valence electrons. The van der Waals surface area contributed by atoms with Gasteiger partial charge in [-0.25, -0.2) is 0 Å². The molecule has 0 radical (unpaired) electrons. The minimum Gasteiger partial charge on any atom is -0.389 e. The van der Waals surface area contributed by atoms with Crippen molar-refractivity contribution in [3.63, 3.8) is 0 Å². The van der Waals surface area contributed by atoms with Crippen LogP contribution in [0.15, 0.2) is 36.7 Å². The Morgan fingerprint density at radius 2 is 2.10 bits per heavy atom. The minimum absolute atomic E-state index is 0.0305. The number of pyridine rings is 1. The van der Waals surface area contributed by atoms with Crippen molar-refractivity contribution >= 4 is 46.1 Å². The zero-order chi connectivity index (χ0) is 14.7. The summed E-state index contributed by atoms with van der Waals surface area (Å²) in [5.41, 5.74) is 8.17. The first-order valence-electron chi connectivity index (χ1n) is 5.94. The van der Waals surface area contributed by atoms with Crippen molar-refractivity contribution < 1.29 is 0 Å². The summed E-state index contributed by atoms with van der Waals surface area (Å²) in [6, 6.07) is 7.16. The lowest BCUT2D eigenvalue weighted by Gasteiger charge is -2.19. The van der Waals surface area contributed by atoms with E-state index in [0.717, 1.165) is 16.8 Å². The summed E-state index contributed by atoms with van der Waals surface area (Å²) in [4.78, 5) is 4.40. The smallest absolute Gasteiger partial charge is 0.106 e. The monoisotopic (exact) mass is 325 g/mol. The van der Waals surface area contributed by atoms with Gasteiger partial charge in [-0.05, 0) is 30.7 Å². The highest BCUT2D eigenvalue weighted by Gasteiger charge is 2.12. The number of rotatable bonds is 4. The Hall–Kier alpha value is -1.36. The molecule has 0 bridgehead atoms. The van der Waals surface area contributed by atoms with Gasteiger partial charge >= 0.3 is 0 Å². The molecule has 20 heavy (non-hydrogen) atoms. The summed E-state index contributed by atoms with van der Waals surface area (Å²) in [6.07, 6.45) is 3.34. The maximum Gasteiger partial charge on any atom is 0.106 e. The lowest BCUT2D eigenvalue weighted by Crippen LogP contribution is -2.15. The summed E-state index contributed by atoms with van der Waals surface area (Å²) >= 11 is 17.1. The van der Waals surface area contributed by atoms with E-state index in [0.29, 0.717) is 15.0 Å². The average molecular weight is 326 g/mol. The van der Waals surface area contributed by atoms with Gasteiger partial charge in [-0.3, -0.25) is 4.98 Å². The normalized spacial score (nSPS) is 11.9. The first-order chi connectivity index (χ1) is 9.49. The first-order valence-corrected chi connectivity index (χ1v) is 7.10. The van der Waals surface area contributed by atoms with Gasteiger partial charge in [-0.2, -0.15) is 0 Å². The van der Waals surface area contributed by atoms with Crippen LogP contribution in [-0.2, 0) is 0 Å². The number of nitrogens with two attached hydrogens (primary N) is 1. The number of nitrogens with zero attached hydrogens (tertiary/aromatic N) is 1. The number of nitrogens with one attached hydrogen (secondary N) is 1. The third kappa shape index (κ3) is 3.39. The Kier molecular flexibility index (Phi) is 4.81. The summed E-state index contributed by atoms with van der Waals surface area (Å²) in [5.74, 6) is 0. The van der Waals surface area contributed by atoms with Crippen molar-refractivity contribution in [1.29, 1.82) is 0 Å². The van der Waals surface area contributed by atoms with Gasteiger partial charge < -0.3 is 11.1 Å². The topological polar surface area (TPSA) is 50.9 Å². The van der Waals surface area contributed by atoms with Gasteiger partial charge in [-0.1, -0.05) is 41.5 Å². The molecule has 3 nitrogen and oxygen atoms in total. The van der Waals surface area contributed by atoms with Gasteiger partial charge in [0.05, 0.1) is 17.9 Å². The van der Waals surface area contributed by atoms with Crippen LogP contribution in [0.25, 0.3) is 0 Å². The van der Waals surface area contributed by atoms with Crippen LogP contribution in [0.4, 0.5) is 5.69 Å². The van der Waals surface area contributed by atoms with Crippen LogP contribution in [-0.4, -0.2) is 9.97 Å². The number of benzene rings is 1. The van der Waals surface area contributed by atoms with E-state index in [9.17, 15) is 0 Å². The fourth-order valence-corrected chi connectivity index (χ4v) is 2.64. The number of thiocarbonyl (C=S) groups is 1. The van der Waals surface area contributed by atoms with Crippen LogP contribution >= 0.6 is 35.4 Å². The summed E-state index contributed by atoms with van der Waals surface area (Å²) in [5, 5.41) is 4.53. The van der Waals surface area contributed by atoms with Gasteiger partial charge in [0.2, 0.25) is 0 Å². The molecule has 0 aliphatic rings. The maximum absolute atomic E-state index is 6.20. The van der Waals surface area contributed by atoms with Crippen LogP contribution < -0.4 is 11.1 Å². The Balaban J connectivity index is 2.28. The number of halogens is 2. The van der Waals surface area contributed by atoms with Crippen LogP contribution in [0.5, 0.6) is 0 Å². The molecule has 0 spiro atoms. The molecular formula is C14H13Cl2N3S. The summed E-state index contributed by atoms with van der Waals surface area (Å²) in [7, 11) is 0. The van der Waals surface area contributed by atoms with Gasteiger partial charge in [0.1, 0.15) is 4.99 Å². The zero-order valence-electron chi connectivity index (χ0n) is 10.7. The maximum atomic E-state index is 6.20. The van der Waals surface area contributed by atoms with Crippen molar-refractivity contribution in [3.05, 3.63) is 57.8 Å². The van der Waals surface area contributed by atoms with Crippen LogP contribution in [0.2, 0.25) is 10.0 Å². The third-order valence-electron chi connectivity index (χ3n) is 2.89. The quantitative estimate of drug-likeness (QED) is 0.827. The Labute approximate surface area is 133 Å². The zero-order valence-corrected chi connectivity index (χ0v) is 13.1. The molecule has 0 fully saturated rings. The van der Waals surface area contributed by atoms with E-state index in [1.807, 2.05) is 13.0 Å². The highest BCUT2D eigenvalue weighted by Crippen LogP contribution is 2.29. The number of aromatic nitrogens is 1. The molecular weight excluding hydrogens is 313 g/mol. The fourth-order valence-electron chi connectivity index (χ4n) is 1.89. The Morgan fingerprint density at radius 3 is 2.75 bits per heavy atom. The fraction of sp³-hybridized carbons (Fsp3) is 0.143. The molecule has 0 aliphatic heterocycles. The van der Waals surface area contributed by atoms with Gasteiger partial charge in [0.15, 0.2) is 0 Å². The molecule has 3 N–H and O–H groups in total. The minimum atomic E-state index is -0.0305. The lowest BCUT2D eigenvalue weighted by atomic mass is 10.1. The molecule has 1 aromatic carbocycles. The van der Waals surface area contributed by atoms with E-state index in [4.69, 9.17) is 41.2 Å². The van der Waals surface area contributed by atoms with E-state index in [1.54, 1.807) is 30.6 Å². The standard InChI is InChI=1S/C14H13Cl2N3S/c1-8(10-3-2-9(15)6-12(10)16)19-13-7-18-5-4-11(13)14(17)20/h2-8,19H,1H3,(H2,17,20). The second kappa shape index (κ2) is 6.39. The second-order valence-corrected chi connectivity index (χ2v) is 5.60. The van der Waals surface area contributed by atoms with Gasteiger partial charge in [0, 0.05) is 21.8 Å². The SMILES string of the molecule is CC(Nc1cnccc1C(N)=S)c1ccc(Cl)cc1Cl. The molecule has 0 aliphatic carbocycles. The van der Waals surface area contributed by atoms with E-state index >= 15 is 0 Å². The third-order valence-corrected chi connectivity index (χ3v) is 3.67. The van der Waals surface area contributed by atoms with Gasteiger partial charge in [0.25, 0.3) is 0 Å². The molecule has 1 aromatic heterocycles. The average Bonchev–Trinajstić information content (AvgIpc) is 2.38. The van der Waals surface area contributed by atoms with E-state index in [1.165, 1.54) is 0 Å². The van der Waals surface area contributed by atoms with Crippen LogP contribution in [0.1, 0.15) is 24.1 Å². The van der Waals surface area contributed by atoms with E-state index < -0.39 is 0 Å². The van der Waals surface area contributed by atoms with Crippen molar-refractivity contribution in [2.75, 3.05) is 5.32 Å². The molecule has 0 saturated heterocycles. The highest BCUT2D eigenvalue weighted by atomic mass is 35.5. The first kappa shape index (κ1) is 15.0. The summed E-state index contributed by atoms with van der Waals surface area (Å²) in [6.45, 7) is 1.99. The van der Waals surface area contributed by atoms with E-state index in [2.05, 4.69) is 10.3 Å². The van der Waals surface area contributed by atoms with Gasteiger partial charge in [-0.15, -0.1) is 0 Å². The van der Waals surface area contributed by atoms with Crippen LogP contribution in [0, 0.1) is 0 Å². The molecule has 1 unspecified atom stereocenters. The van der Waals surface area contributed by atoms with Crippen LogP contribution in [0.3, 0.4) is 0 Å². The number of hydrogen-bond donors (Lipinski definition) is 2. The van der Waals surface area contributed by atoms with Crippen molar-refractivity contribution in [1.82, 2.24) is 4.98 Å². The molecule has 1 atom stereocenters. The number of hydrogen-bond acceptors (Lipinski definition) is 3. The Bertz CT molecular complexity index is 646. The predicted molar refractivity (Wildman–Crippen MR) is 88.6 cm³/mol. The molecule has 0 saturated carbocycles. The van der Waals surface area contributed by atoms with Crippen molar-refractivity contribution in [3.8, 4) is 0 Å². The largest absolute Gasteiger partial charge is 0.389 e. The van der Waals surface area contributed by atoms with Crippen molar-refractivity contribution in [2.24, 2.45) is 5.73 Å². The number of anilines is 1. The highest BCUT2D eigenvalue weighted by molar-refractivity contribution is 7.80. The molecule has 6 heteroatoms. The second-order valence-electron chi connectivity index (χ2n) is 4.32.